The van der Waals surface area contributed by atoms with Crippen molar-refractivity contribution in [1.29, 1.82) is 0 Å². The number of nitrogens with zero attached hydrogens (tertiary/aromatic N) is 1. The van der Waals surface area contributed by atoms with Crippen molar-refractivity contribution in [3.63, 3.8) is 0 Å². The predicted molar refractivity (Wildman–Crippen MR) is 67.3 cm³/mol. The molecule has 1 aromatic carbocycles. The van der Waals surface area contributed by atoms with Crippen LogP contribution in [0.5, 0.6) is 0 Å². The lowest BCUT2D eigenvalue weighted by Crippen LogP contribution is -2.03. The molecule has 0 radical (unpaired) electrons. The summed E-state index contributed by atoms with van der Waals surface area (Å²) in [6.07, 6.45) is 0.0454. The molecule has 1 heterocycles. The molecule has 2 aromatic rings. The zero-order chi connectivity index (χ0) is 12.6. The molecule has 17 heavy (non-hydrogen) atoms. The predicted octanol–water partition coefficient (Wildman–Crippen LogP) is 2.79. The van der Waals surface area contributed by atoms with Gasteiger partial charge in [0.25, 0.3) is 0 Å². The Morgan fingerprint density at radius 3 is 2.59 bits per heavy atom. The fourth-order valence-electron chi connectivity index (χ4n) is 2.30. The van der Waals surface area contributed by atoms with Crippen LogP contribution in [0.2, 0.25) is 0 Å². The first kappa shape index (κ1) is 11.6. The Morgan fingerprint density at radius 1 is 1.24 bits per heavy atom. The van der Waals surface area contributed by atoms with Crippen molar-refractivity contribution < 1.29 is 9.90 Å². The molecule has 0 spiro atoms. The van der Waals surface area contributed by atoms with E-state index in [4.69, 9.17) is 5.11 Å². The molecule has 0 fully saturated rings. The van der Waals surface area contributed by atoms with Gasteiger partial charge in [0, 0.05) is 11.1 Å². The van der Waals surface area contributed by atoms with Crippen LogP contribution < -0.4 is 0 Å². The van der Waals surface area contributed by atoms with E-state index in [1.807, 2.05) is 32.9 Å². The zero-order valence-corrected chi connectivity index (χ0v) is 10.2. The largest absolute Gasteiger partial charge is 0.481 e. The Bertz CT molecular complexity index is 597. The third-order valence-corrected chi connectivity index (χ3v) is 2.80. The van der Waals surface area contributed by atoms with Gasteiger partial charge in [0.15, 0.2) is 0 Å². The average molecular weight is 229 g/mol. The van der Waals surface area contributed by atoms with Crippen molar-refractivity contribution in [3.05, 3.63) is 40.6 Å². The lowest BCUT2D eigenvalue weighted by atomic mass is 9.99. The Balaban J connectivity index is 2.77. The zero-order valence-electron chi connectivity index (χ0n) is 10.2. The van der Waals surface area contributed by atoms with Gasteiger partial charge < -0.3 is 5.11 Å². The van der Waals surface area contributed by atoms with Gasteiger partial charge in [0.1, 0.15) is 0 Å². The van der Waals surface area contributed by atoms with Crippen LogP contribution in [0.1, 0.15) is 22.4 Å². The second-order valence-corrected chi connectivity index (χ2v) is 4.47. The van der Waals surface area contributed by atoms with Gasteiger partial charge in [0.2, 0.25) is 0 Å². The third-order valence-electron chi connectivity index (χ3n) is 2.80. The first-order chi connectivity index (χ1) is 7.97. The van der Waals surface area contributed by atoms with E-state index in [1.165, 1.54) is 0 Å². The molecular weight excluding hydrogens is 214 g/mol. The number of aliphatic carboxylic acids is 1. The second kappa shape index (κ2) is 4.17. The summed E-state index contributed by atoms with van der Waals surface area (Å²) in [4.78, 5) is 15.4. The van der Waals surface area contributed by atoms with Crippen LogP contribution in [-0.4, -0.2) is 16.1 Å². The molecule has 0 saturated carbocycles. The standard InChI is InChI=1S/C14H15NO2/c1-8-4-9(2)14-11(7-13(16)17)6-10(3)15-12(14)5-8/h4-6H,7H2,1-3H3,(H,16,17). The Labute approximate surface area is 100 Å². The maximum atomic E-state index is 10.9. The summed E-state index contributed by atoms with van der Waals surface area (Å²) in [7, 11) is 0. The molecule has 88 valence electrons. The number of fused-ring (bicyclic) bond motifs is 1. The van der Waals surface area contributed by atoms with Gasteiger partial charge in [-0.3, -0.25) is 9.78 Å². The van der Waals surface area contributed by atoms with Crippen LogP contribution in [0.25, 0.3) is 10.9 Å². The number of hydrogen-bond acceptors (Lipinski definition) is 2. The Kier molecular flexibility index (Phi) is 2.84. The number of pyridine rings is 1. The van der Waals surface area contributed by atoms with E-state index in [-0.39, 0.29) is 6.42 Å². The van der Waals surface area contributed by atoms with Gasteiger partial charge in [-0.05, 0) is 49.6 Å². The minimum absolute atomic E-state index is 0.0454. The molecule has 1 aromatic heterocycles. The van der Waals surface area contributed by atoms with Crippen molar-refractivity contribution in [3.8, 4) is 0 Å². The molecule has 1 N–H and O–H groups in total. The first-order valence-electron chi connectivity index (χ1n) is 5.56. The van der Waals surface area contributed by atoms with Crippen molar-refractivity contribution >= 4 is 16.9 Å². The van der Waals surface area contributed by atoms with Crippen molar-refractivity contribution in [1.82, 2.24) is 4.98 Å². The molecule has 2 rings (SSSR count). The summed E-state index contributed by atoms with van der Waals surface area (Å²) in [5.41, 5.74) is 4.83. The maximum absolute atomic E-state index is 10.9. The van der Waals surface area contributed by atoms with Crippen molar-refractivity contribution in [2.24, 2.45) is 0 Å². The van der Waals surface area contributed by atoms with Gasteiger partial charge in [-0.25, -0.2) is 0 Å². The summed E-state index contributed by atoms with van der Waals surface area (Å²) in [5.74, 6) is -0.808. The summed E-state index contributed by atoms with van der Waals surface area (Å²) in [5, 5.41) is 9.92. The summed E-state index contributed by atoms with van der Waals surface area (Å²) in [6, 6.07) is 5.92. The average Bonchev–Trinajstić information content (AvgIpc) is 2.13. The monoisotopic (exact) mass is 229 g/mol. The number of carboxylic acids is 1. The number of carbonyl (C=O) groups is 1. The molecule has 0 aliphatic rings. The van der Waals surface area contributed by atoms with E-state index >= 15 is 0 Å². The molecule has 0 aliphatic carbocycles. The topological polar surface area (TPSA) is 50.2 Å². The van der Waals surface area contributed by atoms with Gasteiger partial charge in [-0.2, -0.15) is 0 Å². The van der Waals surface area contributed by atoms with Crippen LogP contribution in [0.4, 0.5) is 0 Å². The van der Waals surface area contributed by atoms with E-state index in [9.17, 15) is 4.79 Å². The highest BCUT2D eigenvalue weighted by molar-refractivity contribution is 5.89. The number of rotatable bonds is 2. The van der Waals surface area contributed by atoms with Crippen molar-refractivity contribution in [2.45, 2.75) is 27.2 Å². The van der Waals surface area contributed by atoms with Gasteiger partial charge in [-0.15, -0.1) is 0 Å². The number of carboxylic acid groups (broad SMARTS) is 1. The highest BCUT2D eigenvalue weighted by atomic mass is 16.4. The van der Waals surface area contributed by atoms with E-state index < -0.39 is 5.97 Å². The number of hydrogen-bond donors (Lipinski definition) is 1. The van der Waals surface area contributed by atoms with E-state index in [0.717, 1.165) is 33.3 Å². The molecule has 0 amide bonds. The maximum Gasteiger partial charge on any atom is 0.307 e. The molecule has 0 unspecified atom stereocenters. The molecule has 3 nitrogen and oxygen atoms in total. The minimum Gasteiger partial charge on any atom is -0.481 e. The fraction of sp³-hybridized carbons (Fsp3) is 0.286. The van der Waals surface area contributed by atoms with E-state index in [0.29, 0.717) is 0 Å². The lowest BCUT2D eigenvalue weighted by Gasteiger charge is -2.10. The number of aromatic nitrogens is 1. The summed E-state index contributed by atoms with van der Waals surface area (Å²) >= 11 is 0. The Hall–Kier alpha value is -1.90. The van der Waals surface area contributed by atoms with Gasteiger partial charge in [-0.1, -0.05) is 6.07 Å². The molecule has 0 bridgehead atoms. The third kappa shape index (κ3) is 2.28. The van der Waals surface area contributed by atoms with E-state index in [1.54, 1.807) is 0 Å². The summed E-state index contributed by atoms with van der Waals surface area (Å²) in [6.45, 7) is 5.91. The van der Waals surface area contributed by atoms with Crippen LogP contribution >= 0.6 is 0 Å². The molecular formula is C14H15NO2. The quantitative estimate of drug-likeness (QED) is 0.861. The van der Waals surface area contributed by atoms with E-state index in [2.05, 4.69) is 11.1 Å². The van der Waals surface area contributed by atoms with Crippen molar-refractivity contribution in [2.75, 3.05) is 0 Å². The number of aryl methyl sites for hydroxylation is 3. The van der Waals surface area contributed by atoms with Gasteiger partial charge in [0.05, 0.1) is 11.9 Å². The number of benzene rings is 1. The first-order valence-corrected chi connectivity index (χ1v) is 5.56. The molecule has 0 atom stereocenters. The molecule has 0 saturated heterocycles. The fourth-order valence-corrected chi connectivity index (χ4v) is 2.30. The second-order valence-electron chi connectivity index (χ2n) is 4.47. The Morgan fingerprint density at radius 2 is 1.94 bits per heavy atom. The van der Waals surface area contributed by atoms with Crippen LogP contribution in [0.3, 0.4) is 0 Å². The van der Waals surface area contributed by atoms with Crippen LogP contribution in [0, 0.1) is 20.8 Å². The SMILES string of the molecule is Cc1cc(C)c2c(CC(=O)O)cc(C)nc2c1. The van der Waals surface area contributed by atoms with Gasteiger partial charge >= 0.3 is 5.97 Å². The minimum atomic E-state index is -0.808. The highest BCUT2D eigenvalue weighted by Crippen LogP contribution is 2.24. The smallest absolute Gasteiger partial charge is 0.307 e. The van der Waals surface area contributed by atoms with Crippen LogP contribution in [0.15, 0.2) is 18.2 Å². The van der Waals surface area contributed by atoms with Crippen LogP contribution in [-0.2, 0) is 11.2 Å². The summed E-state index contributed by atoms with van der Waals surface area (Å²) < 4.78 is 0. The molecule has 0 aliphatic heterocycles. The lowest BCUT2D eigenvalue weighted by molar-refractivity contribution is -0.136. The molecule has 3 heteroatoms. The normalized spacial score (nSPS) is 10.8. The highest BCUT2D eigenvalue weighted by Gasteiger charge is 2.10.